The minimum absolute atomic E-state index is 0.0943. The molecule has 6 nitrogen and oxygen atoms in total. The van der Waals surface area contributed by atoms with E-state index in [0.29, 0.717) is 5.02 Å². The molecule has 0 saturated carbocycles. The van der Waals surface area contributed by atoms with Crippen LogP contribution in [0.15, 0.2) is 34.4 Å². The number of benzene rings is 1. The number of anilines is 1. The standard InChI is InChI=1S/C22H30ClN4O2PS/c1-14-5-6-16(19(23)20(14)30(3,4)28)31-18-12-25-17(11-26-18)27-9-7-22(8-10-27)13-29-15(2)21(22)24/h5-6,11-12,15,21H,7-10,13,24H2,1-4H3/t15-,21+/m0/s1. The molecule has 0 unspecified atom stereocenters. The molecule has 1 aromatic carbocycles. The van der Waals surface area contributed by atoms with Gasteiger partial charge in [0.25, 0.3) is 0 Å². The molecule has 0 amide bonds. The maximum atomic E-state index is 12.7. The highest BCUT2D eigenvalue weighted by molar-refractivity contribution is 7.99. The van der Waals surface area contributed by atoms with Gasteiger partial charge < -0.3 is 19.9 Å². The number of ether oxygens (including phenoxy) is 1. The van der Waals surface area contributed by atoms with Gasteiger partial charge in [0.1, 0.15) is 18.0 Å². The monoisotopic (exact) mass is 480 g/mol. The fourth-order valence-electron chi connectivity index (χ4n) is 4.67. The molecule has 2 aliphatic heterocycles. The smallest absolute Gasteiger partial charge is 0.147 e. The van der Waals surface area contributed by atoms with E-state index in [1.165, 1.54) is 11.8 Å². The Morgan fingerprint density at radius 1 is 1.26 bits per heavy atom. The molecule has 3 heterocycles. The van der Waals surface area contributed by atoms with E-state index in [1.54, 1.807) is 19.5 Å². The van der Waals surface area contributed by atoms with E-state index < -0.39 is 7.14 Å². The van der Waals surface area contributed by atoms with Gasteiger partial charge in [-0.25, -0.2) is 9.97 Å². The highest BCUT2D eigenvalue weighted by Crippen LogP contribution is 2.44. The average molecular weight is 481 g/mol. The molecular weight excluding hydrogens is 451 g/mol. The SMILES string of the molecule is Cc1ccc(Sc2cnc(N3CCC4(CC3)CO[C@@H](C)[C@H]4N)cn2)c(Cl)c1P(C)(C)=O. The number of halogens is 1. The zero-order valence-corrected chi connectivity index (χ0v) is 20.9. The Labute approximate surface area is 193 Å². The first-order valence-electron chi connectivity index (χ1n) is 10.6. The summed E-state index contributed by atoms with van der Waals surface area (Å²) in [5.74, 6) is 0.877. The summed E-state index contributed by atoms with van der Waals surface area (Å²) in [6, 6.07) is 4.02. The molecular formula is C22H30ClN4O2PS. The summed E-state index contributed by atoms with van der Waals surface area (Å²) in [5.41, 5.74) is 7.47. The molecule has 0 radical (unpaired) electrons. The van der Waals surface area contributed by atoms with Crippen LogP contribution in [0.25, 0.3) is 0 Å². The number of rotatable bonds is 4. The fourth-order valence-corrected chi connectivity index (χ4v) is 7.97. The first-order chi connectivity index (χ1) is 14.6. The van der Waals surface area contributed by atoms with Crippen molar-refractivity contribution in [1.82, 2.24) is 9.97 Å². The van der Waals surface area contributed by atoms with Crippen molar-refractivity contribution in [3.63, 3.8) is 0 Å². The predicted molar refractivity (Wildman–Crippen MR) is 129 cm³/mol. The summed E-state index contributed by atoms with van der Waals surface area (Å²) in [4.78, 5) is 12.4. The predicted octanol–water partition coefficient (Wildman–Crippen LogP) is 4.17. The van der Waals surface area contributed by atoms with Gasteiger partial charge in [-0.15, -0.1) is 0 Å². The molecule has 2 saturated heterocycles. The van der Waals surface area contributed by atoms with Gasteiger partial charge in [0, 0.05) is 34.7 Å². The number of piperidine rings is 1. The molecule has 31 heavy (non-hydrogen) atoms. The lowest BCUT2D eigenvalue weighted by Gasteiger charge is -2.41. The van der Waals surface area contributed by atoms with Crippen LogP contribution in [0.5, 0.6) is 0 Å². The van der Waals surface area contributed by atoms with Crippen LogP contribution in [0.1, 0.15) is 25.3 Å². The molecule has 0 bridgehead atoms. The van der Waals surface area contributed by atoms with E-state index >= 15 is 0 Å². The van der Waals surface area contributed by atoms with Gasteiger partial charge in [0.2, 0.25) is 0 Å². The Bertz CT molecular complexity index is 1010. The zero-order valence-electron chi connectivity index (χ0n) is 18.5. The molecule has 2 aromatic rings. The summed E-state index contributed by atoms with van der Waals surface area (Å²) >= 11 is 8.06. The van der Waals surface area contributed by atoms with Gasteiger partial charge in [-0.1, -0.05) is 29.4 Å². The minimum atomic E-state index is -2.48. The van der Waals surface area contributed by atoms with Gasteiger partial charge in [0.05, 0.1) is 30.1 Å². The number of aryl methyl sites for hydroxylation is 1. The van der Waals surface area contributed by atoms with E-state index in [1.807, 2.05) is 25.3 Å². The first-order valence-corrected chi connectivity index (χ1v) is 14.4. The number of hydrogen-bond donors (Lipinski definition) is 1. The summed E-state index contributed by atoms with van der Waals surface area (Å²) in [6.45, 7) is 10.1. The van der Waals surface area contributed by atoms with Crippen LogP contribution in [0.3, 0.4) is 0 Å². The summed E-state index contributed by atoms with van der Waals surface area (Å²) < 4.78 is 18.5. The minimum Gasteiger partial charge on any atom is -0.376 e. The van der Waals surface area contributed by atoms with Crippen molar-refractivity contribution >= 4 is 41.6 Å². The molecule has 168 valence electrons. The molecule has 0 aliphatic carbocycles. The number of hydrogen-bond acceptors (Lipinski definition) is 7. The van der Waals surface area contributed by atoms with Gasteiger partial charge >= 0.3 is 0 Å². The van der Waals surface area contributed by atoms with Crippen molar-refractivity contribution in [2.75, 3.05) is 37.9 Å². The van der Waals surface area contributed by atoms with E-state index in [4.69, 9.17) is 22.1 Å². The number of nitrogens with two attached hydrogens (primary N) is 1. The van der Waals surface area contributed by atoms with Crippen molar-refractivity contribution in [3.8, 4) is 0 Å². The maximum Gasteiger partial charge on any atom is 0.147 e. The molecule has 9 heteroatoms. The average Bonchev–Trinajstić information content (AvgIpc) is 2.99. The van der Waals surface area contributed by atoms with Gasteiger partial charge in [-0.2, -0.15) is 0 Å². The van der Waals surface area contributed by atoms with Crippen LogP contribution < -0.4 is 15.9 Å². The van der Waals surface area contributed by atoms with E-state index in [0.717, 1.165) is 59.1 Å². The summed E-state index contributed by atoms with van der Waals surface area (Å²) in [6.07, 6.45) is 5.75. The first kappa shape index (κ1) is 23.1. The van der Waals surface area contributed by atoms with Crippen LogP contribution in [-0.4, -0.2) is 55.1 Å². The van der Waals surface area contributed by atoms with Crippen molar-refractivity contribution < 1.29 is 9.30 Å². The molecule has 1 aromatic heterocycles. The second kappa shape index (κ2) is 8.68. The molecule has 2 aliphatic rings. The highest BCUT2D eigenvalue weighted by atomic mass is 35.5. The Hall–Kier alpha value is -1.11. The van der Waals surface area contributed by atoms with Crippen LogP contribution >= 0.6 is 30.5 Å². The molecule has 4 rings (SSSR count). The second-order valence-corrected chi connectivity index (χ2v) is 13.7. The zero-order chi connectivity index (χ0) is 22.4. The largest absolute Gasteiger partial charge is 0.376 e. The normalized spacial score (nSPS) is 23.5. The Morgan fingerprint density at radius 3 is 2.52 bits per heavy atom. The molecule has 2 atom stereocenters. The lowest BCUT2D eigenvalue weighted by Crippen LogP contribution is -2.50. The van der Waals surface area contributed by atoms with Crippen molar-refractivity contribution in [2.24, 2.45) is 11.1 Å². The lowest BCUT2D eigenvalue weighted by atomic mass is 9.73. The molecule has 1 spiro atoms. The molecule has 2 fully saturated rings. The summed E-state index contributed by atoms with van der Waals surface area (Å²) in [7, 11) is -2.48. The van der Waals surface area contributed by atoms with Crippen LogP contribution in [0.4, 0.5) is 5.82 Å². The van der Waals surface area contributed by atoms with E-state index in [9.17, 15) is 4.57 Å². The molecule has 2 N–H and O–H groups in total. The van der Waals surface area contributed by atoms with Crippen molar-refractivity contribution in [3.05, 3.63) is 35.1 Å². The van der Waals surface area contributed by atoms with Gasteiger partial charge in [0.15, 0.2) is 0 Å². The third-order valence-electron chi connectivity index (χ3n) is 6.58. The Kier molecular flexibility index (Phi) is 6.46. The summed E-state index contributed by atoms with van der Waals surface area (Å²) in [5, 5.41) is 2.06. The lowest BCUT2D eigenvalue weighted by molar-refractivity contribution is 0.0974. The second-order valence-electron chi connectivity index (χ2n) is 9.10. The third-order valence-corrected chi connectivity index (χ3v) is 9.85. The third kappa shape index (κ3) is 4.53. The van der Waals surface area contributed by atoms with E-state index in [2.05, 4.69) is 21.8 Å². The Morgan fingerprint density at radius 2 is 1.97 bits per heavy atom. The van der Waals surface area contributed by atoms with Gasteiger partial charge in [-0.3, -0.25) is 0 Å². The Balaban J connectivity index is 1.45. The van der Waals surface area contributed by atoms with Crippen molar-refractivity contribution in [2.45, 2.75) is 48.8 Å². The topological polar surface area (TPSA) is 81.3 Å². The van der Waals surface area contributed by atoms with Crippen LogP contribution in [-0.2, 0) is 9.30 Å². The van der Waals surface area contributed by atoms with Crippen LogP contribution in [0, 0.1) is 12.3 Å². The number of nitrogens with zero attached hydrogens (tertiary/aromatic N) is 3. The van der Waals surface area contributed by atoms with Crippen molar-refractivity contribution in [1.29, 1.82) is 0 Å². The van der Waals surface area contributed by atoms with Gasteiger partial charge in [-0.05, 0) is 51.6 Å². The van der Waals surface area contributed by atoms with E-state index in [-0.39, 0.29) is 17.6 Å². The van der Waals surface area contributed by atoms with Crippen LogP contribution in [0.2, 0.25) is 5.02 Å². The number of aromatic nitrogens is 2. The fraction of sp³-hybridized carbons (Fsp3) is 0.545. The quantitative estimate of drug-likeness (QED) is 0.657. The highest BCUT2D eigenvalue weighted by Gasteiger charge is 2.47. The maximum absolute atomic E-state index is 12.7.